The number of nitrogens with one attached hydrogen (secondary N) is 1. The highest BCUT2D eigenvalue weighted by atomic mass is 16.5. The van der Waals surface area contributed by atoms with Crippen molar-refractivity contribution in [2.75, 3.05) is 26.8 Å². The van der Waals surface area contributed by atoms with E-state index in [4.69, 9.17) is 4.74 Å². The van der Waals surface area contributed by atoms with Crippen LogP contribution in [0.4, 0.5) is 0 Å². The van der Waals surface area contributed by atoms with Gasteiger partial charge in [-0.3, -0.25) is 4.79 Å². The van der Waals surface area contributed by atoms with Crippen LogP contribution in [0.25, 0.3) is 0 Å². The van der Waals surface area contributed by atoms with Gasteiger partial charge in [0, 0.05) is 20.2 Å². The lowest BCUT2D eigenvalue weighted by Gasteiger charge is -2.25. The third kappa shape index (κ3) is 4.04. The molecular weight excluding hydrogens is 240 g/mol. The number of carbonyl (C=O) groups is 1. The number of hydrogen-bond donors (Lipinski definition) is 1. The maximum Gasteiger partial charge on any atom is 0.240 e. The first kappa shape index (κ1) is 14.0. The van der Waals surface area contributed by atoms with Crippen LogP contribution in [-0.2, 0) is 16.1 Å². The average Bonchev–Trinajstić information content (AvgIpc) is 2.98. The van der Waals surface area contributed by atoms with E-state index in [0.717, 1.165) is 24.9 Å². The zero-order valence-corrected chi connectivity index (χ0v) is 11.5. The third-order valence-electron chi connectivity index (χ3n) is 3.45. The molecule has 2 rings (SSSR count). The van der Waals surface area contributed by atoms with Gasteiger partial charge < -0.3 is 15.0 Å². The van der Waals surface area contributed by atoms with Crippen molar-refractivity contribution in [1.82, 2.24) is 10.2 Å². The summed E-state index contributed by atoms with van der Waals surface area (Å²) in [5.41, 5.74) is 1.16. The number of rotatable bonds is 6. The van der Waals surface area contributed by atoms with E-state index in [1.807, 2.05) is 23.1 Å². The lowest BCUT2D eigenvalue weighted by atomic mass is 10.1. The molecule has 1 aromatic rings. The van der Waals surface area contributed by atoms with Crippen molar-refractivity contribution in [3.05, 3.63) is 35.9 Å². The van der Waals surface area contributed by atoms with Crippen molar-refractivity contribution in [3.8, 4) is 0 Å². The van der Waals surface area contributed by atoms with Gasteiger partial charge in [0.25, 0.3) is 0 Å². The normalized spacial score (nSPS) is 18.5. The number of nitrogens with zero attached hydrogens (tertiary/aromatic N) is 1. The molecule has 0 spiro atoms. The van der Waals surface area contributed by atoms with Gasteiger partial charge in [0.2, 0.25) is 5.91 Å². The van der Waals surface area contributed by atoms with E-state index in [1.165, 1.54) is 0 Å². The van der Waals surface area contributed by atoms with E-state index >= 15 is 0 Å². The van der Waals surface area contributed by atoms with Crippen molar-refractivity contribution in [2.45, 2.75) is 25.4 Å². The summed E-state index contributed by atoms with van der Waals surface area (Å²) in [5, 5.41) is 3.27. The predicted octanol–water partition coefficient (Wildman–Crippen LogP) is 1.41. The molecule has 0 bridgehead atoms. The highest BCUT2D eigenvalue weighted by Gasteiger charge is 2.26. The van der Waals surface area contributed by atoms with Gasteiger partial charge in [-0.25, -0.2) is 0 Å². The number of carbonyl (C=O) groups excluding carboxylic acids is 1. The molecule has 0 aliphatic carbocycles. The molecule has 1 saturated heterocycles. The maximum atomic E-state index is 12.5. The summed E-state index contributed by atoms with van der Waals surface area (Å²) in [6, 6.07) is 10.1. The fraction of sp³-hybridized carbons (Fsp3) is 0.533. The molecule has 1 amide bonds. The molecule has 0 aromatic heterocycles. The van der Waals surface area contributed by atoms with E-state index in [1.54, 1.807) is 7.11 Å². The van der Waals surface area contributed by atoms with Gasteiger partial charge in [0.1, 0.15) is 0 Å². The lowest BCUT2D eigenvalue weighted by Crippen LogP contribution is -2.44. The van der Waals surface area contributed by atoms with E-state index < -0.39 is 0 Å². The minimum Gasteiger partial charge on any atom is -0.383 e. The van der Waals surface area contributed by atoms with Gasteiger partial charge >= 0.3 is 0 Å². The molecule has 1 aliphatic rings. The SMILES string of the molecule is COCCN(Cc1ccccc1)C(=O)[C@H]1CCCN1. The monoisotopic (exact) mass is 262 g/mol. The Labute approximate surface area is 114 Å². The fourth-order valence-electron chi connectivity index (χ4n) is 2.39. The zero-order valence-electron chi connectivity index (χ0n) is 11.5. The highest BCUT2D eigenvalue weighted by molar-refractivity contribution is 5.82. The minimum atomic E-state index is -0.0134. The second-order valence-electron chi connectivity index (χ2n) is 4.89. The summed E-state index contributed by atoms with van der Waals surface area (Å²) in [7, 11) is 1.67. The van der Waals surface area contributed by atoms with Crippen LogP contribution in [0.3, 0.4) is 0 Å². The van der Waals surface area contributed by atoms with Gasteiger partial charge in [0.05, 0.1) is 12.6 Å². The Morgan fingerprint density at radius 3 is 2.84 bits per heavy atom. The molecule has 104 valence electrons. The summed E-state index contributed by atoms with van der Waals surface area (Å²) in [6.07, 6.45) is 2.02. The standard InChI is InChI=1S/C15H22N2O2/c1-19-11-10-17(12-13-6-3-2-4-7-13)15(18)14-8-5-9-16-14/h2-4,6-7,14,16H,5,8-12H2,1H3/t14-/m1/s1. The Morgan fingerprint density at radius 1 is 1.42 bits per heavy atom. The van der Waals surface area contributed by atoms with Crippen molar-refractivity contribution in [3.63, 3.8) is 0 Å². The molecule has 0 unspecified atom stereocenters. The van der Waals surface area contributed by atoms with Crippen LogP contribution in [0, 0.1) is 0 Å². The van der Waals surface area contributed by atoms with Crippen LogP contribution < -0.4 is 5.32 Å². The molecule has 1 N–H and O–H groups in total. The van der Waals surface area contributed by atoms with Crippen molar-refractivity contribution >= 4 is 5.91 Å². The second kappa shape index (κ2) is 7.26. The number of benzene rings is 1. The van der Waals surface area contributed by atoms with Gasteiger partial charge in [-0.2, -0.15) is 0 Å². The van der Waals surface area contributed by atoms with Crippen LogP contribution in [0.15, 0.2) is 30.3 Å². The molecule has 1 aromatic carbocycles. The molecule has 4 heteroatoms. The first-order valence-corrected chi connectivity index (χ1v) is 6.86. The van der Waals surface area contributed by atoms with E-state index in [-0.39, 0.29) is 11.9 Å². The first-order chi connectivity index (χ1) is 9.31. The summed E-state index contributed by atoms with van der Waals surface area (Å²) in [4.78, 5) is 14.4. The van der Waals surface area contributed by atoms with Crippen molar-refractivity contribution in [2.24, 2.45) is 0 Å². The van der Waals surface area contributed by atoms with Gasteiger partial charge in [0.15, 0.2) is 0 Å². The van der Waals surface area contributed by atoms with Gasteiger partial charge in [-0.1, -0.05) is 30.3 Å². The van der Waals surface area contributed by atoms with Crippen LogP contribution >= 0.6 is 0 Å². The van der Waals surface area contributed by atoms with E-state index in [2.05, 4.69) is 17.4 Å². The molecule has 1 fully saturated rings. The minimum absolute atomic E-state index is 0.0134. The molecule has 1 aliphatic heterocycles. The molecule has 19 heavy (non-hydrogen) atoms. The Balaban J connectivity index is 2.00. The second-order valence-corrected chi connectivity index (χ2v) is 4.89. The summed E-state index contributed by atoms with van der Waals surface area (Å²) in [5.74, 6) is 0.193. The molecule has 1 atom stereocenters. The molecular formula is C15H22N2O2. The Hall–Kier alpha value is -1.39. The number of amides is 1. The van der Waals surface area contributed by atoms with Crippen LogP contribution in [0.1, 0.15) is 18.4 Å². The first-order valence-electron chi connectivity index (χ1n) is 6.86. The van der Waals surface area contributed by atoms with Crippen LogP contribution in [-0.4, -0.2) is 43.7 Å². The number of methoxy groups -OCH3 is 1. The molecule has 1 heterocycles. The molecule has 0 saturated carbocycles. The number of hydrogen-bond acceptors (Lipinski definition) is 3. The third-order valence-corrected chi connectivity index (χ3v) is 3.45. The Morgan fingerprint density at radius 2 is 2.21 bits per heavy atom. The largest absolute Gasteiger partial charge is 0.383 e. The molecule has 4 nitrogen and oxygen atoms in total. The zero-order chi connectivity index (χ0) is 13.5. The smallest absolute Gasteiger partial charge is 0.240 e. The van der Waals surface area contributed by atoms with Crippen molar-refractivity contribution in [1.29, 1.82) is 0 Å². The highest BCUT2D eigenvalue weighted by Crippen LogP contribution is 2.11. The topological polar surface area (TPSA) is 41.6 Å². The summed E-state index contributed by atoms with van der Waals surface area (Å²) in [6.45, 7) is 2.81. The van der Waals surface area contributed by atoms with Gasteiger partial charge in [-0.15, -0.1) is 0 Å². The predicted molar refractivity (Wildman–Crippen MR) is 74.8 cm³/mol. The lowest BCUT2D eigenvalue weighted by molar-refractivity contribution is -0.134. The fourth-order valence-corrected chi connectivity index (χ4v) is 2.39. The Bertz CT molecular complexity index is 388. The summed E-state index contributed by atoms with van der Waals surface area (Å²) >= 11 is 0. The van der Waals surface area contributed by atoms with Crippen LogP contribution in [0.2, 0.25) is 0 Å². The van der Waals surface area contributed by atoms with E-state index in [9.17, 15) is 4.79 Å². The van der Waals surface area contributed by atoms with Crippen LogP contribution in [0.5, 0.6) is 0 Å². The van der Waals surface area contributed by atoms with E-state index in [0.29, 0.717) is 19.7 Å². The molecule has 0 radical (unpaired) electrons. The summed E-state index contributed by atoms with van der Waals surface area (Å²) < 4.78 is 5.11. The Kier molecular flexibility index (Phi) is 5.36. The quantitative estimate of drug-likeness (QED) is 0.843. The average molecular weight is 262 g/mol. The maximum absolute atomic E-state index is 12.5. The number of ether oxygens (including phenoxy) is 1. The van der Waals surface area contributed by atoms with Gasteiger partial charge in [-0.05, 0) is 24.9 Å². The van der Waals surface area contributed by atoms with Crippen molar-refractivity contribution < 1.29 is 9.53 Å².